The molecule has 0 aliphatic carbocycles. The van der Waals surface area contributed by atoms with E-state index < -0.39 is 0 Å². The molecule has 0 bridgehead atoms. The number of halogens is 1. The van der Waals surface area contributed by atoms with Gasteiger partial charge in [0, 0.05) is 23.5 Å². The highest BCUT2D eigenvalue weighted by atomic mass is 35.5. The quantitative estimate of drug-likeness (QED) is 0.799. The van der Waals surface area contributed by atoms with Gasteiger partial charge in [-0.15, -0.1) is 24.2 Å². The molecule has 0 spiro atoms. The summed E-state index contributed by atoms with van der Waals surface area (Å²) >= 11 is 1.66. The number of anilines is 1. The number of amides is 1. The van der Waals surface area contributed by atoms with E-state index in [2.05, 4.69) is 10.6 Å². The molecule has 0 saturated heterocycles. The minimum atomic E-state index is 0. The van der Waals surface area contributed by atoms with E-state index in [1.54, 1.807) is 11.8 Å². The van der Waals surface area contributed by atoms with Crippen LogP contribution in [-0.2, 0) is 4.79 Å². The fourth-order valence-electron chi connectivity index (χ4n) is 1.16. The van der Waals surface area contributed by atoms with Crippen molar-refractivity contribution in [3.63, 3.8) is 0 Å². The summed E-state index contributed by atoms with van der Waals surface area (Å²) in [6, 6.07) is 7.84. The maximum Gasteiger partial charge on any atom is 0.225 e. The number of hydrogen-bond acceptors (Lipinski definition) is 3. The minimum Gasteiger partial charge on any atom is -0.326 e. The zero-order valence-corrected chi connectivity index (χ0v) is 11.1. The standard InChI is InChI=1S/C11H16N2OS.ClH/c1-12-7-6-11(14)13-9-4-3-5-10(8-9)15-2;/h3-5,8,12H,6-7H2,1-2H3,(H,13,14);1H. The first-order valence-corrected chi connectivity index (χ1v) is 6.07. The zero-order chi connectivity index (χ0) is 11.1. The lowest BCUT2D eigenvalue weighted by Crippen LogP contribution is -2.18. The molecule has 1 aromatic rings. The highest BCUT2D eigenvalue weighted by molar-refractivity contribution is 7.98. The molecule has 2 N–H and O–H groups in total. The van der Waals surface area contributed by atoms with Crippen LogP contribution in [0.1, 0.15) is 6.42 Å². The van der Waals surface area contributed by atoms with Crippen LogP contribution in [0.15, 0.2) is 29.2 Å². The Balaban J connectivity index is 0.00000225. The van der Waals surface area contributed by atoms with Crippen LogP contribution in [-0.4, -0.2) is 25.8 Å². The zero-order valence-electron chi connectivity index (χ0n) is 9.45. The van der Waals surface area contributed by atoms with Crippen LogP contribution in [0.5, 0.6) is 0 Å². The third-order valence-corrected chi connectivity index (χ3v) is 2.68. The van der Waals surface area contributed by atoms with Gasteiger partial charge in [-0.3, -0.25) is 4.79 Å². The van der Waals surface area contributed by atoms with Gasteiger partial charge in [-0.2, -0.15) is 0 Å². The minimum absolute atomic E-state index is 0. The predicted octanol–water partition coefficient (Wildman–Crippen LogP) is 2.38. The molecular weight excluding hydrogens is 244 g/mol. The van der Waals surface area contributed by atoms with Gasteiger partial charge >= 0.3 is 0 Å². The van der Waals surface area contributed by atoms with Crippen LogP contribution >= 0.6 is 24.2 Å². The van der Waals surface area contributed by atoms with Crippen LogP contribution in [0, 0.1) is 0 Å². The Bertz CT molecular complexity index is 334. The number of thioether (sulfide) groups is 1. The number of rotatable bonds is 5. The van der Waals surface area contributed by atoms with Gasteiger partial charge < -0.3 is 10.6 Å². The number of nitrogens with one attached hydrogen (secondary N) is 2. The molecule has 3 nitrogen and oxygen atoms in total. The maximum atomic E-state index is 11.4. The Labute approximate surface area is 107 Å². The smallest absolute Gasteiger partial charge is 0.225 e. The van der Waals surface area contributed by atoms with E-state index in [0.717, 1.165) is 10.6 Å². The number of carbonyl (C=O) groups is 1. The average Bonchev–Trinajstić information content (AvgIpc) is 2.26. The van der Waals surface area contributed by atoms with E-state index in [1.165, 1.54) is 0 Å². The Morgan fingerprint density at radius 1 is 1.44 bits per heavy atom. The molecular formula is C11H17ClN2OS. The molecule has 0 atom stereocenters. The molecule has 0 aliphatic rings. The highest BCUT2D eigenvalue weighted by Gasteiger charge is 2.01. The van der Waals surface area contributed by atoms with E-state index >= 15 is 0 Å². The molecule has 1 rings (SSSR count). The fraction of sp³-hybridized carbons (Fsp3) is 0.364. The molecule has 0 saturated carbocycles. The number of carbonyl (C=O) groups excluding carboxylic acids is 1. The van der Waals surface area contributed by atoms with Crippen LogP contribution in [0.4, 0.5) is 5.69 Å². The third-order valence-electron chi connectivity index (χ3n) is 1.96. The van der Waals surface area contributed by atoms with Gasteiger partial charge in [-0.25, -0.2) is 0 Å². The summed E-state index contributed by atoms with van der Waals surface area (Å²) in [4.78, 5) is 12.6. The molecule has 1 aromatic carbocycles. The molecule has 16 heavy (non-hydrogen) atoms. The van der Waals surface area contributed by atoms with Crippen molar-refractivity contribution >= 4 is 35.8 Å². The van der Waals surface area contributed by atoms with Gasteiger partial charge in [0.05, 0.1) is 0 Å². The van der Waals surface area contributed by atoms with E-state index in [-0.39, 0.29) is 18.3 Å². The molecule has 0 heterocycles. The van der Waals surface area contributed by atoms with Gasteiger partial charge in [0.1, 0.15) is 0 Å². The first-order chi connectivity index (χ1) is 7.26. The van der Waals surface area contributed by atoms with E-state index in [1.807, 2.05) is 37.6 Å². The van der Waals surface area contributed by atoms with Gasteiger partial charge in [0.15, 0.2) is 0 Å². The molecule has 0 aromatic heterocycles. The molecule has 1 amide bonds. The lowest BCUT2D eigenvalue weighted by atomic mass is 10.3. The Hall–Kier alpha value is -0.710. The normalized spacial score (nSPS) is 9.38. The number of benzene rings is 1. The van der Waals surface area contributed by atoms with E-state index in [0.29, 0.717) is 13.0 Å². The van der Waals surface area contributed by atoms with Crippen LogP contribution in [0.3, 0.4) is 0 Å². The molecule has 5 heteroatoms. The second kappa shape index (κ2) is 8.44. The van der Waals surface area contributed by atoms with E-state index in [9.17, 15) is 4.79 Å². The van der Waals surface area contributed by atoms with Crippen molar-refractivity contribution in [1.29, 1.82) is 0 Å². The van der Waals surface area contributed by atoms with Crippen molar-refractivity contribution in [2.45, 2.75) is 11.3 Å². The first kappa shape index (κ1) is 15.3. The van der Waals surface area contributed by atoms with Crippen molar-refractivity contribution in [3.8, 4) is 0 Å². The third kappa shape index (κ3) is 5.39. The van der Waals surface area contributed by atoms with Crippen molar-refractivity contribution in [3.05, 3.63) is 24.3 Å². The summed E-state index contributed by atoms with van der Waals surface area (Å²) in [6.45, 7) is 0.702. The maximum absolute atomic E-state index is 11.4. The van der Waals surface area contributed by atoms with Crippen LogP contribution in [0.2, 0.25) is 0 Å². The summed E-state index contributed by atoms with van der Waals surface area (Å²) in [5, 5.41) is 5.80. The van der Waals surface area contributed by atoms with E-state index in [4.69, 9.17) is 0 Å². The molecule has 0 aliphatic heterocycles. The van der Waals surface area contributed by atoms with Gasteiger partial charge in [0.2, 0.25) is 5.91 Å². The monoisotopic (exact) mass is 260 g/mol. The van der Waals surface area contributed by atoms with Gasteiger partial charge in [-0.1, -0.05) is 6.07 Å². The highest BCUT2D eigenvalue weighted by Crippen LogP contribution is 2.18. The predicted molar refractivity (Wildman–Crippen MR) is 72.6 cm³/mol. The largest absolute Gasteiger partial charge is 0.326 e. The van der Waals surface area contributed by atoms with Crippen molar-refractivity contribution in [1.82, 2.24) is 5.32 Å². The van der Waals surface area contributed by atoms with Crippen LogP contribution in [0.25, 0.3) is 0 Å². The summed E-state index contributed by atoms with van der Waals surface area (Å²) in [5.74, 6) is 0.0441. The summed E-state index contributed by atoms with van der Waals surface area (Å²) in [5.41, 5.74) is 0.864. The van der Waals surface area contributed by atoms with Gasteiger partial charge in [-0.05, 0) is 31.5 Å². The Kier molecular flexibility index (Phi) is 8.07. The second-order valence-electron chi connectivity index (χ2n) is 3.13. The summed E-state index contributed by atoms with van der Waals surface area (Å²) in [7, 11) is 1.83. The van der Waals surface area contributed by atoms with Crippen molar-refractivity contribution < 1.29 is 4.79 Å². The topological polar surface area (TPSA) is 41.1 Å². The van der Waals surface area contributed by atoms with Crippen molar-refractivity contribution in [2.24, 2.45) is 0 Å². The summed E-state index contributed by atoms with van der Waals surface area (Å²) in [6.07, 6.45) is 2.52. The van der Waals surface area contributed by atoms with Crippen molar-refractivity contribution in [2.75, 3.05) is 25.2 Å². The molecule has 0 radical (unpaired) electrons. The molecule has 0 fully saturated rings. The lowest BCUT2D eigenvalue weighted by Gasteiger charge is -2.05. The SMILES string of the molecule is CNCCC(=O)Nc1cccc(SC)c1.Cl. The summed E-state index contributed by atoms with van der Waals surface area (Å²) < 4.78 is 0. The fourth-order valence-corrected chi connectivity index (χ4v) is 1.62. The molecule has 90 valence electrons. The Morgan fingerprint density at radius 2 is 2.19 bits per heavy atom. The molecule has 0 unspecified atom stereocenters. The first-order valence-electron chi connectivity index (χ1n) is 4.84. The van der Waals surface area contributed by atoms with Gasteiger partial charge in [0.25, 0.3) is 0 Å². The lowest BCUT2D eigenvalue weighted by molar-refractivity contribution is -0.116. The van der Waals surface area contributed by atoms with Crippen LogP contribution < -0.4 is 10.6 Å². The average molecular weight is 261 g/mol. The number of hydrogen-bond donors (Lipinski definition) is 2. The second-order valence-corrected chi connectivity index (χ2v) is 4.01. The Morgan fingerprint density at radius 3 is 2.81 bits per heavy atom.